The van der Waals surface area contributed by atoms with E-state index in [1.54, 1.807) is 47.1 Å². The van der Waals surface area contributed by atoms with E-state index in [1.165, 1.54) is 6.08 Å². The average Bonchev–Trinajstić information content (AvgIpc) is 3.37. The Morgan fingerprint density at radius 1 is 1.32 bits per heavy atom. The van der Waals surface area contributed by atoms with Gasteiger partial charge in [0.05, 0.1) is 16.8 Å². The van der Waals surface area contributed by atoms with Gasteiger partial charge in [-0.15, -0.1) is 27.8 Å². The predicted molar refractivity (Wildman–Crippen MR) is 98.6 cm³/mol. The van der Waals surface area contributed by atoms with Crippen molar-refractivity contribution in [1.29, 1.82) is 0 Å². The van der Waals surface area contributed by atoms with E-state index >= 15 is 0 Å². The molecule has 0 fully saturated rings. The average molecular weight is 370 g/mol. The molecule has 0 aliphatic carbocycles. The Morgan fingerprint density at radius 2 is 2.28 bits per heavy atom. The van der Waals surface area contributed by atoms with Crippen molar-refractivity contribution in [3.63, 3.8) is 0 Å². The topological polar surface area (TPSA) is 72.4 Å². The van der Waals surface area contributed by atoms with Gasteiger partial charge in [0.2, 0.25) is 10.9 Å². The molecule has 1 N–H and O–H groups in total. The molecule has 0 saturated heterocycles. The quantitative estimate of drug-likeness (QED) is 0.528. The van der Waals surface area contributed by atoms with Crippen molar-refractivity contribution in [2.45, 2.75) is 6.42 Å². The highest BCUT2D eigenvalue weighted by Gasteiger charge is 2.12. The van der Waals surface area contributed by atoms with Crippen LogP contribution in [-0.2, 0) is 11.2 Å². The zero-order valence-corrected chi connectivity index (χ0v) is 14.7. The lowest BCUT2D eigenvalue weighted by molar-refractivity contribution is -0.116. The molecule has 1 amide bonds. The number of carbonyl (C=O) groups excluding carboxylic acids is 1. The van der Waals surface area contributed by atoms with Crippen LogP contribution in [0.25, 0.3) is 21.7 Å². The molecular weight excluding hydrogens is 356 g/mol. The Morgan fingerprint density at radius 3 is 3.08 bits per heavy atom. The minimum absolute atomic E-state index is 0.152. The lowest BCUT2D eigenvalue weighted by atomic mass is 10.3. The lowest BCUT2D eigenvalue weighted by Crippen LogP contribution is -2.23. The first-order chi connectivity index (χ1) is 12.3. The number of nitrogens with zero attached hydrogens (tertiary/aromatic N) is 3. The van der Waals surface area contributed by atoms with Gasteiger partial charge in [0.15, 0.2) is 5.82 Å². The smallest absolute Gasteiger partial charge is 0.244 e. The molecule has 0 aromatic carbocycles. The van der Waals surface area contributed by atoms with Crippen LogP contribution in [0.2, 0.25) is 0 Å². The van der Waals surface area contributed by atoms with Gasteiger partial charge in [0.25, 0.3) is 0 Å². The molecule has 4 heterocycles. The van der Waals surface area contributed by atoms with E-state index in [0.29, 0.717) is 18.7 Å². The molecule has 0 spiro atoms. The summed E-state index contributed by atoms with van der Waals surface area (Å²) in [6, 6.07) is 7.57. The SMILES string of the molecule is O=C(/C=C/c1ccco1)NCCc1csc2nc(-c3cccs3)nn12. The van der Waals surface area contributed by atoms with E-state index in [4.69, 9.17) is 4.42 Å². The minimum Gasteiger partial charge on any atom is -0.465 e. The number of fused-ring (bicyclic) bond motifs is 1. The van der Waals surface area contributed by atoms with Gasteiger partial charge < -0.3 is 9.73 Å². The second-order valence-corrected chi connectivity index (χ2v) is 7.01. The third-order valence-corrected chi connectivity index (χ3v) is 5.24. The first-order valence-electron chi connectivity index (χ1n) is 7.66. The number of nitrogens with one attached hydrogen (secondary N) is 1. The highest BCUT2D eigenvalue weighted by Crippen LogP contribution is 2.24. The molecule has 4 rings (SSSR count). The molecule has 6 nitrogen and oxygen atoms in total. The molecular formula is C17H14N4O2S2. The summed E-state index contributed by atoms with van der Waals surface area (Å²) < 4.78 is 7.00. The number of thiophene rings is 1. The maximum atomic E-state index is 11.8. The van der Waals surface area contributed by atoms with Crippen LogP contribution in [0.5, 0.6) is 0 Å². The van der Waals surface area contributed by atoms with Crippen LogP contribution in [0, 0.1) is 0 Å². The van der Waals surface area contributed by atoms with Gasteiger partial charge in [0, 0.05) is 24.4 Å². The van der Waals surface area contributed by atoms with E-state index in [2.05, 4.69) is 15.4 Å². The number of carbonyl (C=O) groups is 1. The summed E-state index contributed by atoms with van der Waals surface area (Å²) in [6.07, 6.45) is 5.37. The molecule has 8 heteroatoms. The molecule has 0 radical (unpaired) electrons. The number of rotatable bonds is 6. The maximum absolute atomic E-state index is 11.8. The molecule has 0 atom stereocenters. The van der Waals surface area contributed by atoms with Crippen molar-refractivity contribution in [3.05, 3.63) is 58.8 Å². The van der Waals surface area contributed by atoms with Crippen molar-refractivity contribution in [3.8, 4) is 10.7 Å². The molecule has 0 aliphatic rings. The van der Waals surface area contributed by atoms with Crippen LogP contribution >= 0.6 is 22.7 Å². The Balaban J connectivity index is 1.37. The summed E-state index contributed by atoms with van der Waals surface area (Å²) in [5.41, 5.74) is 1.03. The van der Waals surface area contributed by atoms with Gasteiger partial charge in [-0.25, -0.2) is 4.52 Å². The third-order valence-electron chi connectivity index (χ3n) is 3.51. The fraction of sp³-hybridized carbons (Fsp3) is 0.118. The normalized spacial score (nSPS) is 11.5. The van der Waals surface area contributed by atoms with Crippen LogP contribution < -0.4 is 5.32 Å². The Bertz CT molecular complexity index is 997. The van der Waals surface area contributed by atoms with Crippen molar-refractivity contribution < 1.29 is 9.21 Å². The monoisotopic (exact) mass is 370 g/mol. The molecule has 126 valence electrons. The summed E-state index contributed by atoms with van der Waals surface area (Å²) in [6.45, 7) is 0.529. The van der Waals surface area contributed by atoms with Crippen LogP contribution in [0.3, 0.4) is 0 Å². The van der Waals surface area contributed by atoms with E-state index < -0.39 is 0 Å². The molecule has 4 aromatic rings. The fourth-order valence-corrected chi connectivity index (χ4v) is 3.83. The zero-order chi connectivity index (χ0) is 17.1. The van der Waals surface area contributed by atoms with Gasteiger partial charge in [-0.2, -0.15) is 4.98 Å². The second-order valence-electron chi connectivity index (χ2n) is 5.22. The summed E-state index contributed by atoms with van der Waals surface area (Å²) >= 11 is 3.17. The van der Waals surface area contributed by atoms with Gasteiger partial charge in [-0.05, 0) is 29.7 Å². The number of hydrogen-bond acceptors (Lipinski definition) is 6. The van der Waals surface area contributed by atoms with Crippen molar-refractivity contribution >= 4 is 39.6 Å². The standard InChI is InChI=1S/C17H14N4O2S2/c22-15(6-5-13-3-1-9-23-13)18-8-7-12-11-25-17-19-16(20-21(12)17)14-4-2-10-24-14/h1-6,9-11H,7-8H2,(H,18,22)/b6-5+. The zero-order valence-electron chi connectivity index (χ0n) is 13.1. The first kappa shape index (κ1) is 15.8. The largest absolute Gasteiger partial charge is 0.465 e. The van der Waals surface area contributed by atoms with Crippen LogP contribution in [0.15, 0.2) is 51.8 Å². The van der Waals surface area contributed by atoms with Crippen molar-refractivity contribution in [1.82, 2.24) is 19.9 Å². The molecule has 4 aromatic heterocycles. The van der Waals surface area contributed by atoms with Gasteiger partial charge >= 0.3 is 0 Å². The van der Waals surface area contributed by atoms with E-state index in [9.17, 15) is 4.79 Å². The number of amides is 1. The van der Waals surface area contributed by atoms with Crippen LogP contribution in [0.4, 0.5) is 0 Å². The summed E-state index contributed by atoms with van der Waals surface area (Å²) in [5, 5.41) is 11.5. The lowest BCUT2D eigenvalue weighted by Gasteiger charge is -2.01. The number of hydrogen-bond donors (Lipinski definition) is 1. The maximum Gasteiger partial charge on any atom is 0.244 e. The third kappa shape index (κ3) is 3.54. The molecule has 0 saturated carbocycles. The minimum atomic E-state index is -0.152. The summed E-state index contributed by atoms with van der Waals surface area (Å²) in [5.74, 6) is 1.24. The Labute approximate surface area is 151 Å². The second kappa shape index (κ2) is 7.04. The summed E-state index contributed by atoms with van der Waals surface area (Å²) in [4.78, 5) is 18.3. The van der Waals surface area contributed by atoms with Crippen molar-refractivity contribution in [2.24, 2.45) is 0 Å². The highest BCUT2D eigenvalue weighted by atomic mass is 32.1. The number of aromatic nitrogens is 3. The molecule has 0 bridgehead atoms. The van der Waals surface area contributed by atoms with Crippen molar-refractivity contribution in [2.75, 3.05) is 6.54 Å². The summed E-state index contributed by atoms with van der Waals surface area (Å²) in [7, 11) is 0. The molecule has 0 aliphatic heterocycles. The molecule has 0 unspecified atom stereocenters. The predicted octanol–water partition coefficient (Wildman–Crippen LogP) is 3.48. The van der Waals surface area contributed by atoms with Gasteiger partial charge in [-0.1, -0.05) is 6.07 Å². The van der Waals surface area contributed by atoms with Crippen LogP contribution in [0.1, 0.15) is 11.5 Å². The van der Waals surface area contributed by atoms with E-state index in [0.717, 1.165) is 21.4 Å². The first-order valence-corrected chi connectivity index (χ1v) is 9.42. The fourth-order valence-electron chi connectivity index (χ4n) is 2.32. The number of thiazole rings is 1. The Kier molecular flexibility index (Phi) is 4.45. The molecule has 25 heavy (non-hydrogen) atoms. The van der Waals surface area contributed by atoms with Gasteiger partial charge in [-0.3, -0.25) is 4.79 Å². The van der Waals surface area contributed by atoms with E-state index in [-0.39, 0.29) is 5.91 Å². The Hall–Kier alpha value is -2.71. The van der Waals surface area contributed by atoms with E-state index in [1.807, 2.05) is 27.4 Å². The van der Waals surface area contributed by atoms with Gasteiger partial charge in [0.1, 0.15) is 5.76 Å². The highest BCUT2D eigenvalue weighted by molar-refractivity contribution is 7.15. The number of furan rings is 1. The van der Waals surface area contributed by atoms with Crippen LogP contribution in [-0.4, -0.2) is 27.0 Å².